The summed E-state index contributed by atoms with van der Waals surface area (Å²) in [5.74, 6) is 0. The second-order valence-electron chi connectivity index (χ2n) is 6.24. The lowest BCUT2D eigenvalue weighted by Gasteiger charge is -2.12. The van der Waals surface area contributed by atoms with Crippen molar-refractivity contribution in [2.24, 2.45) is 0 Å². The molecule has 1 nitrogen and oxygen atoms in total. The van der Waals surface area contributed by atoms with E-state index in [1.807, 2.05) is 36.4 Å². The van der Waals surface area contributed by atoms with Gasteiger partial charge in [-0.05, 0) is 40.5 Å². The van der Waals surface area contributed by atoms with Crippen molar-refractivity contribution in [1.82, 2.24) is 0 Å². The van der Waals surface area contributed by atoms with Crippen LogP contribution in [0.4, 0.5) is 11.4 Å². The first-order valence-electron chi connectivity index (χ1n) is 8.67. The summed E-state index contributed by atoms with van der Waals surface area (Å²) in [7, 11) is 6.27. The Morgan fingerprint density at radius 1 is 0.500 bits per heavy atom. The first kappa shape index (κ1) is 16.2. The van der Waals surface area contributed by atoms with Crippen LogP contribution in [0.1, 0.15) is 0 Å². The highest BCUT2D eigenvalue weighted by Crippen LogP contribution is 2.24. The molecular weight excluding hydrogens is 313 g/mol. The third-order valence-electron chi connectivity index (χ3n) is 4.43. The summed E-state index contributed by atoms with van der Waals surface area (Å²) in [5, 5.41) is 3.40. The van der Waals surface area contributed by atoms with E-state index in [0.29, 0.717) is 0 Å². The Labute approximate surface area is 155 Å². The third-order valence-corrected chi connectivity index (χ3v) is 4.43. The number of anilines is 2. The molecule has 4 aromatic carbocycles. The van der Waals surface area contributed by atoms with Gasteiger partial charge in [0.1, 0.15) is 7.85 Å². The van der Waals surface area contributed by atoms with Crippen molar-refractivity contribution in [3.8, 4) is 22.3 Å². The van der Waals surface area contributed by atoms with E-state index in [0.717, 1.165) is 28.0 Å². The summed E-state index contributed by atoms with van der Waals surface area (Å²) in [6.07, 6.45) is 0. The molecule has 1 N–H and O–H groups in total. The van der Waals surface area contributed by atoms with Gasteiger partial charge in [-0.1, -0.05) is 90.4 Å². The van der Waals surface area contributed by atoms with E-state index in [-0.39, 0.29) is 0 Å². The topological polar surface area (TPSA) is 12.0 Å². The zero-order valence-corrected chi connectivity index (χ0v) is 14.4. The number of rotatable bonds is 4. The average molecular weight is 331 g/mol. The molecular formula is C24H18BN. The van der Waals surface area contributed by atoms with Gasteiger partial charge in [-0.3, -0.25) is 0 Å². The van der Waals surface area contributed by atoms with Gasteiger partial charge in [0.15, 0.2) is 0 Å². The molecule has 0 saturated carbocycles. The zero-order chi connectivity index (χ0) is 17.8. The highest BCUT2D eigenvalue weighted by molar-refractivity contribution is 6.36. The smallest absolute Gasteiger partial charge is 0.116 e. The van der Waals surface area contributed by atoms with Gasteiger partial charge in [-0.15, -0.1) is 0 Å². The fraction of sp³-hybridized carbons (Fsp3) is 0. The molecule has 0 spiro atoms. The molecule has 0 aliphatic heterocycles. The molecule has 0 saturated heterocycles. The SMILES string of the molecule is [B]c1cc(-c2ccccc2)ccc1Nc1ccc(-c2ccccc2)cc1. The number of hydrogen-bond donors (Lipinski definition) is 1. The van der Waals surface area contributed by atoms with Gasteiger partial charge in [-0.2, -0.15) is 0 Å². The second-order valence-corrected chi connectivity index (χ2v) is 6.24. The number of benzene rings is 4. The average Bonchev–Trinajstić information content (AvgIpc) is 2.71. The molecule has 0 unspecified atom stereocenters. The van der Waals surface area contributed by atoms with Crippen molar-refractivity contribution >= 4 is 24.7 Å². The summed E-state index contributed by atoms with van der Waals surface area (Å²) in [6.45, 7) is 0. The van der Waals surface area contributed by atoms with Crippen molar-refractivity contribution in [3.63, 3.8) is 0 Å². The standard InChI is InChI=1S/C24H18BN/c25-23-17-21(19-9-5-2-6-10-19)13-16-24(23)26-22-14-11-20(12-15-22)18-7-3-1-4-8-18/h1-17,26H. The normalized spacial score (nSPS) is 10.5. The van der Waals surface area contributed by atoms with E-state index in [1.54, 1.807) is 0 Å². The van der Waals surface area contributed by atoms with E-state index in [1.165, 1.54) is 11.1 Å². The quantitative estimate of drug-likeness (QED) is 0.483. The van der Waals surface area contributed by atoms with Gasteiger partial charge in [0.2, 0.25) is 0 Å². The van der Waals surface area contributed by atoms with Crippen LogP contribution >= 0.6 is 0 Å². The van der Waals surface area contributed by atoms with Crippen LogP contribution in [0.3, 0.4) is 0 Å². The van der Waals surface area contributed by atoms with E-state index >= 15 is 0 Å². The monoisotopic (exact) mass is 331 g/mol. The predicted molar refractivity (Wildman–Crippen MR) is 112 cm³/mol. The van der Waals surface area contributed by atoms with Crippen LogP contribution in [0.25, 0.3) is 22.3 Å². The summed E-state index contributed by atoms with van der Waals surface area (Å²) in [5.41, 5.74) is 7.36. The first-order chi connectivity index (χ1) is 12.8. The molecule has 0 aliphatic rings. The molecule has 0 atom stereocenters. The third kappa shape index (κ3) is 3.55. The lowest BCUT2D eigenvalue weighted by molar-refractivity contribution is 1.55. The highest BCUT2D eigenvalue weighted by atomic mass is 14.9. The molecule has 26 heavy (non-hydrogen) atoms. The fourth-order valence-corrected chi connectivity index (χ4v) is 3.02. The molecule has 4 aromatic rings. The van der Waals surface area contributed by atoms with Crippen molar-refractivity contribution in [3.05, 3.63) is 103 Å². The predicted octanol–water partition coefficient (Wildman–Crippen LogP) is 5.56. The molecule has 0 aliphatic carbocycles. The van der Waals surface area contributed by atoms with Crippen molar-refractivity contribution in [2.45, 2.75) is 0 Å². The van der Waals surface area contributed by atoms with Crippen LogP contribution in [-0.4, -0.2) is 7.85 Å². The fourth-order valence-electron chi connectivity index (χ4n) is 3.02. The molecule has 0 bridgehead atoms. The van der Waals surface area contributed by atoms with Gasteiger partial charge in [0, 0.05) is 11.4 Å². The van der Waals surface area contributed by atoms with Gasteiger partial charge in [0.05, 0.1) is 0 Å². The second kappa shape index (κ2) is 7.32. The maximum atomic E-state index is 6.27. The Bertz CT molecular complexity index is 993. The maximum Gasteiger partial charge on any atom is 0.116 e. The van der Waals surface area contributed by atoms with Crippen molar-refractivity contribution < 1.29 is 0 Å². The lowest BCUT2D eigenvalue weighted by Crippen LogP contribution is -2.09. The number of hydrogen-bond acceptors (Lipinski definition) is 1. The largest absolute Gasteiger partial charge is 0.356 e. The summed E-state index contributed by atoms with van der Waals surface area (Å²) < 4.78 is 0. The van der Waals surface area contributed by atoms with E-state index in [2.05, 4.69) is 72.0 Å². The van der Waals surface area contributed by atoms with Crippen LogP contribution in [0.2, 0.25) is 0 Å². The van der Waals surface area contributed by atoms with Gasteiger partial charge < -0.3 is 5.32 Å². The van der Waals surface area contributed by atoms with Gasteiger partial charge >= 0.3 is 0 Å². The van der Waals surface area contributed by atoms with Crippen LogP contribution in [-0.2, 0) is 0 Å². The zero-order valence-electron chi connectivity index (χ0n) is 14.4. The molecule has 0 aromatic heterocycles. The minimum Gasteiger partial charge on any atom is -0.356 e. The lowest BCUT2D eigenvalue weighted by atomic mass is 9.90. The molecule has 4 rings (SSSR count). The van der Waals surface area contributed by atoms with Crippen LogP contribution in [0.5, 0.6) is 0 Å². The molecule has 0 fully saturated rings. The minimum atomic E-state index is 0.735. The van der Waals surface area contributed by atoms with E-state index < -0.39 is 0 Å². The molecule has 122 valence electrons. The van der Waals surface area contributed by atoms with Gasteiger partial charge in [0.25, 0.3) is 0 Å². The Morgan fingerprint density at radius 2 is 1.00 bits per heavy atom. The Hall–Kier alpha value is -3.26. The molecule has 0 heterocycles. The van der Waals surface area contributed by atoms with Crippen molar-refractivity contribution in [1.29, 1.82) is 0 Å². The summed E-state index contributed by atoms with van der Waals surface area (Å²) >= 11 is 0. The minimum absolute atomic E-state index is 0.735. The Balaban J connectivity index is 1.54. The molecule has 0 amide bonds. The molecule has 2 heteroatoms. The highest BCUT2D eigenvalue weighted by Gasteiger charge is 2.03. The Morgan fingerprint density at radius 3 is 1.58 bits per heavy atom. The van der Waals surface area contributed by atoms with Crippen molar-refractivity contribution in [2.75, 3.05) is 5.32 Å². The van der Waals surface area contributed by atoms with Crippen LogP contribution in [0, 0.1) is 0 Å². The number of nitrogens with one attached hydrogen (secondary N) is 1. The van der Waals surface area contributed by atoms with Gasteiger partial charge in [-0.25, -0.2) is 0 Å². The first-order valence-corrected chi connectivity index (χ1v) is 8.67. The van der Waals surface area contributed by atoms with E-state index in [4.69, 9.17) is 7.85 Å². The summed E-state index contributed by atoms with van der Waals surface area (Å²) in [4.78, 5) is 0. The maximum absolute atomic E-state index is 6.27. The molecule has 2 radical (unpaired) electrons. The Kier molecular flexibility index (Phi) is 4.57. The van der Waals surface area contributed by atoms with Crippen LogP contribution < -0.4 is 10.8 Å². The van der Waals surface area contributed by atoms with E-state index in [9.17, 15) is 0 Å². The summed E-state index contributed by atoms with van der Waals surface area (Å²) in [6, 6.07) is 35.1. The van der Waals surface area contributed by atoms with Crippen LogP contribution in [0.15, 0.2) is 103 Å².